The molecule has 4 nitrogen and oxygen atoms in total. The van der Waals surface area contributed by atoms with Crippen molar-refractivity contribution in [3.05, 3.63) is 29.6 Å². The number of rotatable bonds is 5. The van der Waals surface area contributed by atoms with Crippen LogP contribution in [-0.4, -0.2) is 28.7 Å². The number of halogens is 1. The molecule has 0 aromatic heterocycles. The Bertz CT molecular complexity index is 459. The van der Waals surface area contributed by atoms with E-state index in [9.17, 15) is 12.8 Å². The molecule has 0 unspecified atom stereocenters. The van der Waals surface area contributed by atoms with Crippen LogP contribution in [0.5, 0.6) is 0 Å². The summed E-state index contributed by atoms with van der Waals surface area (Å²) in [6.45, 7) is 2.03. The van der Waals surface area contributed by atoms with Crippen LogP contribution in [0.2, 0.25) is 0 Å². The molecule has 0 aliphatic heterocycles. The molecular formula is C10H14FNO3S. The standard InChI is InChI=1S/C10H14FNO3S/c1-8-7-9(11)3-4-10(8)16(13,14)12-5-6-15-2/h3-4,7,12H,5-6H2,1-2H3. The largest absolute Gasteiger partial charge is 0.383 e. The average Bonchev–Trinajstić information content (AvgIpc) is 2.17. The molecule has 0 aliphatic carbocycles. The van der Waals surface area contributed by atoms with Crippen LogP contribution >= 0.6 is 0 Å². The van der Waals surface area contributed by atoms with E-state index in [1.165, 1.54) is 19.2 Å². The molecule has 6 heteroatoms. The number of ether oxygens (including phenoxy) is 1. The molecule has 0 heterocycles. The quantitative estimate of drug-likeness (QED) is 0.791. The van der Waals surface area contributed by atoms with Crippen molar-refractivity contribution in [2.75, 3.05) is 20.3 Å². The molecule has 1 aromatic rings. The Morgan fingerprint density at radius 1 is 1.44 bits per heavy atom. The summed E-state index contributed by atoms with van der Waals surface area (Å²) in [6.07, 6.45) is 0. The normalized spacial score (nSPS) is 11.7. The number of benzene rings is 1. The van der Waals surface area contributed by atoms with E-state index in [1.54, 1.807) is 6.92 Å². The third-order valence-corrected chi connectivity index (χ3v) is 3.65. The van der Waals surface area contributed by atoms with Gasteiger partial charge in [-0.25, -0.2) is 17.5 Å². The molecule has 1 N–H and O–H groups in total. The smallest absolute Gasteiger partial charge is 0.240 e. The number of aryl methyl sites for hydroxylation is 1. The Morgan fingerprint density at radius 3 is 2.69 bits per heavy atom. The van der Waals surface area contributed by atoms with Gasteiger partial charge in [-0.15, -0.1) is 0 Å². The summed E-state index contributed by atoms with van der Waals surface area (Å²) < 4.78 is 43.4. The Hall–Kier alpha value is -0.980. The third-order valence-electron chi connectivity index (χ3n) is 2.02. The molecule has 0 atom stereocenters. The second-order valence-corrected chi connectivity index (χ2v) is 5.04. The van der Waals surface area contributed by atoms with Crippen molar-refractivity contribution in [2.45, 2.75) is 11.8 Å². The van der Waals surface area contributed by atoms with Crippen LogP contribution in [0.4, 0.5) is 4.39 Å². The highest BCUT2D eigenvalue weighted by molar-refractivity contribution is 7.89. The SMILES string of the molecule is COCCNS(=O)(=O)c1ccc(F)cc1C. The topological polar surface area (TPSA) is 55.4 Å². The van der Waals surface area contributed by atoms with Gasteiger partial charge in [0.2, 0.25) is 10.0 Å². The van der Waals surface area contributed by atoms with Gasteiger partial charge in [0.05, 0.1) is 11.5 Å². The van der Waals surface area contributed by atoms with E-state index in [-0.39, 0.29) is 11.4 Å². The lowest BCUT2D eigenvalue weighted by Crippen LogP contribution is -2.27. The highest BCUT2D eigenvalue weighted by Gasteiger charge is 2.16. The van der Waals surface area contributed by atoms with E-state index in [0.29, 0.717) is 12.2 Å². The van der Waals surface area contributed by atoms with Gasteiger partial charge >= 0.3 is 0 Å². The van der Waals surface area contributed by atoms with E-state index >= 15 is 0 Å². The Labute approximate surface area is 94.5 Å². The van der Waals surface area contributed by atoms with Crippen LogP contribution in [0.3, 0.4) is 0 Å². The first-order valence-corrected chi connectivity index (χ1v) is 6.20. The molecule has 0 amide bonds. The van der Waals surface area contributed by atoms with Crippen LogP contribution in [0.25, 0.3) is 0 Å². The average molecular weight is 247 g/mol. The van der Waals surface area contributed by atoms with Crippen molar-refractivity contribution in [2.24, 2.45) is 0 Å². The zero-order valence-electron chi connectivity index (χ0n) is 9.16. The summed E-state index contributed by atoms with van der Waals surface area (Å²) in [5.41, 5.74) is 0.380. The first-order chi connectivity index (χ1) is 7.47. The number of nitrogens with one attached hydrogen (secondary N) is 1. The first-order valence-electron chi connectivity index (χ1n) is 4.72. The highest BCUT2D eigenvalue weighted by atomic mass is 32.2. The third kappa shape index (κ3) is 3.26. The second-order valence-electron chi connectivity index (χ2n) is 3.30. The predicted octanol–water partition coefficient (Wildman–Crippen LogP) is 1.06. The van der Waals surface area contributed by atoms with Crippen molar-refractivity contribution in [1.82, 2.24) is 4.72 Å². The summed E-state index contributed by atoms with van der Waals surface area (Å²) in [5.74, 6) is -0.451. The zero-order valence-corrected chi connectivity index (χ0v) is 9.97. The fraction of sp³-hybridized carbons (Fsp3) is 0.400. The minimum absolute atomic E-state index is 0.0880. The molecule has 90 valence electrons. The first kappa shape index (κ1) is 13.1. The van der Waals surface area contributed by atoms with Crippen LogP contribution in [-0.2, 0) is 14.8 Å². The zero-order chi connectivity index (χ0) is 12.2. The van der Waals surface area contributed by atoms with Crippen LogP contribution in [0, 0.1) is 12.7 Å². The van der Waals surface area contributed by atoms with Crippen molar-refractivity contribution < 1.29 is 17.5 Å². The Morgan fingerprint density at radius 2 is 2.12 bits per heavy atom. The van der Waals surface area contributed by atoms with Gasteiger partial charge in [-0.05, 0) is 30.7 Å². The monoisotopic (exact) mass is 247 g/mol. The summed E-state index contributed by atoms with van der Waals surface area (Å²) in [5, 5.41) is 0. The van der Waals surface area contributed by atoms with Gasteiger partial charge in [-0.2, -0.15) is 0 Å². The van der Waals surface area contributed by atoms with E-state index < -0.39 is 15.8 Å². The molecule has 0 saturated heterocycles. The van der Waals surface area contributed by atoms with Crippen molar-refractivity contribution in [1.29, 1.82) is 0 Å². The van der Waals surface area contributed by atoms with Gasteiger partial charge in [-0.3, -0.25) is 0 Å². The van der Waals surface area contributed by atoms with Crippen molar-refractivity contribution >= 4 is 10.0 Å². The predicted molar refractivity (Wildman–Crippen MR) is 58.2 cm³/mol. The minimum Gasteiger partial charge on any atom is -0.383 e. The molecule has 1 aromatic carbocycles. The molecule has 0 radical (unpaired) electrons. The van der Waals surface area contributed by atoms with Crippen molar-refractivity contribution in [3.8, 4) is 0 Å². The number of methoxy groups -OCH3 is 1. The van der Waals surface area contributed by atoms with Crippen LogP contribution in [0.1, 0.15) is 5.56 Å². The molecule has 0 aliphatic rings. The maximum atomic E-state index is 12.8. The Kier molecular flexibility index (Phi) is 4.40. The van der Waals surface area contributed by atoms with Gasteiger partial charge < -0.3 is 4.74 Å². The number of hydrogen-bond acceptors (Lipinski definition) is 3. The molecule has 1 rings (SSSR count). The summed E-state index contributed by atoms with van der Waals surface area (Å²) in [4.78, 5) is 0.0880. The molecule has 16 heavy (non-hydrogen) atoms. The molecule has 0 saturated carbocycles. The summed E-state index contributed by atoms with van der Waals surface area (Å²) >= 11 is 0. The fourth-order valence-electron chi connectivity index (χ4n) is 1.27. The lowest BCUT2D eigenvalue weighted by Gasteiger charge is -2.08. The molecule has 0 spiro atoms. The maximum Gasteiger partial charge on any atom is 0.240 e. The Balaban J connectivity index is 2.90. The van der Waals surface area contributed by atoms with Gasteiger partial charge in [0.15, 0.2) is 0 Å². The lowest BCUT2D eigenvalue weighted by molar-refractivity contribution is 0.204. The van der Waals surface area contributed by atoms with Crippen LogP contribution in [0.15, 0.2) is 23.1 Å². The maximum absolute atomic E-state index is 12.8. The molecule has 0 bridgehead atoms. The van der Waals surface area contributed by atoms with Gasteiger partial charge in [0.1, 0.15) is 5.82 Å². The minimum atomic E-state index is -3.58. The lowest BCUT2D eigenvalue weighted by atomic mass is 10.2. The van der Waals surface area contributed by atoms with E-state index in [0.717, 1.165) is 6.07 Å². The molecular weight excluding hydrogens is 233 g/mol. The van der Waals surface area contributed by atoms with E-state index in [4.69, 9.17) is 4.74 Å². The van der Waals surface area contributed by atoms with E-state index in [2.05, 4.69) is 4.72 Å². The molecule has 0 fully saturated rings. The van der Waals surface area contributed by atoms with E-state index in [1.807, 2.05) is 0 Å². The fourth-order valence-corrected chi connectivity index (χ4v) is 2.51. The van der Waals surface area contributed by atoms with Crippen LogP contribution < -0.4 is 4.72 Å². The van der Waals surface area contributed by atoms with Gasteiger partial charge in [0.25, 0.3) is 0 Å². The number of hydrogen-bond donors (Lipinski definition) is 1. The van der Waals surface area contributed by atoms with Gasteiger partial charge in [0, 0.05) is 13.7 Å². The second kappa shape index (κ2) is 5.38. The summed E-state index contributed by atoms with van der Waals surface area (Å²) in [6, 6.07) is 3.56. The van der Waals surface area contributed by atoms with Crippen molar-refractivity contribution in [3.63, 3.8) is 0 Å². The highest BCUT2D eigenvalue weighted by Crippen LogP contribution is 2.15. The summed E-state index contributed by atoms with van der Waals surface area (Å²) in [7, 11) is -2.09. The number of sulfonamides is 1. The van der Waals surface area contributed by atoms with Gasteiger partial charge in [-0.1, -0.05) is 0 Å².